The van der Waals surface area contributed by atoms with Gasteiger partial charge in [-0.2, -0.15) is 0 Å². The highest BCUT2D eigenvalue weighted by Crippen LogP contribution is 2.14. The molecule has 0 bridgehead atoms. The van der Waals surface area contributed by atoms with Crippen molar-refractivity contribution in [2.24, 2.45) is 5.92 Å². The number of nitrogens with one attached hydrogen (secondary N) is 3. The second-order valence-corrected chi connectivity index (χ2v) is 4.68. The van der Waals surface area contributed by atoms with Crippen molar-refractivity contribution in [2.45, 2.75) is 12.5 Å². The van der Waals surface area contributed by atoms with Crippen LogP contribution in [0.3, 0.4) is 0 Å². The maximum atomic E-state index is 11.8. The number of aliphatic hydroxyl groups is 1. The predicted octanol–water partition coefficient (Wildman–Crippen LogP) is 0.280. The zero-order chi connectivity index (χ0) is 13.8. The number of aliphatic hydroxyl groups excluding tert-OH is 1. The van der Waals surface area contributed by atoms with Gasteiger partial charge in [-0.05, 0) is 30.7 Å². The van der Waals surface area contributed by atoms with E-state index in [2.05, 4.69) is 16.2 Å². The molecule has 4 N–H and O–H groups in total. The van der Waals surface area contributed by atoms with E-state index in [0.717, 1.165) is 0 Å². The van der Waals surface area contributed by atoms with Crippen LogP contribution in [0.15, 0.2) is 24.3 Å². The quantitative estimate of drug-likeness (QED) is 0.474. The molecule has 0 radical (unpaired) electrons. The van der Waals surface area contributed by atoms with Crippen LogP contribution in [0.5, 0.6) is 0 Å². The number of benzene rings is 1. The Labute approximate surface area is 115 Å². The monoisotopic (exact) mass is 283 g/mol. The van der Waals surface area contributed by atoms with Gasteiger partial charge in [0.2, 0.25) is 5.91 Å². The molecule has 1 aromatic rings. The minimum absolute atomic E-state index is 0.366. The smallest absolute Gasteiger partial charge is 0.253 e. The van der Waals surface area contributed by atoms with Crippen LogP contribution < -0.4 is 16.2 Å². The first-order valence-corrected chi connectivity index (χ1v) is 6.23. The molecule has 1 aliphatic rings. The minimum atomic E-state index is -1.09. The van der Waals surface area contributed by atoms with Crippen molar-refractivity contribution in [3.63, 3.8) is 0 Å². The van der Waals surface area contributed by atoms with Gasteiger partial charge in [-0.15, -0.1) is 0 Å². The van der Waals surface area contributed by atoms with E-state index >= 15 is 0 Å². The average Bonchev–Trinajstić information content (AvgIpc) is 2.38. The molecule has 2 atom stereocenters. The molecule has 0 aliphatic carbocycles. The fourth-order valence-corrected chi connectivity index (χ4v) is 1.96. The highest BCUT2D eigenvalue weighted by molar-refractivity contribution is 6.30. The standard InChI is InChI=1S/C12H14ClN3O3/c13-7-1-3-8(4-2-7)15-16-12(19)10-9(17)5-6-14-11(10)18/h1-4,9-10,15,17H,5-6H2,(H,14,18)(H,16,19). The van der Waals surface area contributed by atoms with Crippen LogP contribution in [-0.4, -0.2) is 29.6 Å². The number of halogens is 1. The first-order valence-electron chi connectivity index (χ1n) is 5.85. The summed E-state index contributed by atoms with van der Waals surface area (Å²) in [4.78, 5) is 23.4. The molecule has 2 amide bonds. The topological polar surface area (TPSA) is 90.5 Å². The van der Waals surface area contributed by atoms with Gasteiger partial charge in [0.15, 0.2) is 0 Å². The SMILES string of the molecule is O=C1NCCC(O)C1C(=O)NNc1ccc(Cl)cc1. The third-order valence-electron chi connectivity index (χ3n) is 2.86. The Balaban J connectivity index is 1.93. The molecule has 2 rings (SSSR count). The summed E-state index contributed by atoms with van der Waals surface area (Å²) >= 11 is 5.73. The van der Waals surface area contributed by atoms with Gasteiger partial charge >= 0.3 is 0 Å². The van der Waals surface area contributed by atoms with Crippen molar-refractivity contribution in [1.82, 2.24) is 10.7 Å². The molecule has 6 nitrogen and oxygen atoms in total. The second-order valence-electron chi connectivity index (χ2n) is 4.25. The van der Waals surface area contributed by atoms with Crippen molar-refractivity contribution >= 4 is 29.1 Å². The average molecular weight is 284 g/mol. The van der Waals surface area contributed by atoms with Crippen molar-refractivity contribution in [2.75, 3.05) is 12.0 Å². The van der Waals surface area contributed by atoms with E-state index in [1.165, 1.54) is 0 Å². The van der Waals surface area contributed by atoms with Crippen molar-refractivity contribution in [1.29, 1.82) is 0 Å². The van der Waals surface area contributed by atoms with Crippen LogP contribution in [0.2, 0.25) is 5.02 Å². The molecule has 0 spiro atoms. The maximum Gasteiger partial charge on any atom is 0.253 e. The van der Waals surface area contributed by atoms with Gasteiger partial charge in [-0.3, -0.25) is 20.4 Å². The third kappa shape index (κ3) is 3.36. The number of amides is 2. The van der Waals surface area contributed by atoms with E-state index in [4.69, 9.17) is 11.6 Å². The summed E-state index contributed by atoms with van der Waals surface area (Å²) in [5.41, 5.74) is 5.69. The van der Waals surface area contributed by atoms with Crippen molar-refractivity contribution in [3.05, 3.63) is 29.3 Å². The molecule has 0 aromatic heterocycles. The summed E-state index contributed by atoms with van der Waals surface area (Å²) in [7, 11) is 0. The number of piperidine rings is 1. The molecule has 1 heterocycles. The Morgan fingerprint density at radius 2 is 2.05 bits per heavy atom. The van der Waals surface area contributed by atoms with E-state index in [1.807, 2.05) is 0 Å². The molecule has 1 saturated heterocycles. The summed E-state index contributed by atoms with van der Waals surface area (Å²) in [6, 6.07) is 6.69. The van der Waals surface area contributed by atoms with Crippen LogP contribution >= 0.6 is 11.6 Å². The number of carbonyl (C=O) groups is 2. The fourth-order valence-electron chi connectivity index (χ4n) is 1.83. The van der Waals surface area contributed by atoms with Crippen LogP contribution in [0, 0.1) is 5.92 Å². The summed E-state index contributed by atoms with van der Waals surface area (Å²) in [6.07, 6.45) is -0.592. The van der Waals surface area contributed by atoms with Gasteiger partial charge in [0, 0.05) is 11.6 Å². The van der Waals surface area contributed by atoms with Gasteiger partial charge in [-0.1, -0.05) is 11.6 Å². The molecular formula is C12H14ClN3O3. The second kappa shape index (κ2) is 5.90. The van der Waals surface area contributed by atoms with Crippen molar-refractivity contribution in [3.8, 4) is 0 Å². The highest BCUT2D eigenvalue weighted by atomic mass is 35.5. The summed E-state index contributed by atoms with van der Waals surface area (Å²) < 4.78 is 0. The zero-order valence-electron chi connectivity index (χ0n) is 10.0. The summed E-state index contributed by atoms with van der Waals surface area (Å²) in [6.45, 7) is 0.383. The molecule has 0 saturated carbocycles. The van der Waals surface area contributed by atoms with E-state index in [1.54, 1.807) is 24.3 Å². The van der Waals surface area contributed by atoms with Gasteiger partial charge in [0.05, 0.1) is 11.8 Å². The van der Waals surface area contributed by atoms with Gasteiger partial charge in [0.25, 0.3) is 5.91 Å². The Bertz CT molecular complexity index is 478. The molecular weight excluding hydrogens is 270 g/mol. The maximum absolute atomic E-state index is 11.8. The number of hydrazine groups is 1. The van der Waals surface area contributed by atoms with E-state index in [-0.39, 0.29) is 0 Å². The largest absolute Gasteiger partial charge is 0.392 e. The Hall–Kier alpha value is -1.79. The number of hydrogen-bond acceptors (Lipinski definition) is 4. The third-order valence-corrected chi connectivity index (χ3v) is 3.12. The van der Waals surface area contributed by atoms with Gasteiger partial charge < -0.3 is 10.4 Å². The van der Waals surface area contributed by atoms with Crippen LogP contribution in [0.1, 0.15) is 6.42 Å². The lowest BCUT2D eigenvalue weighted by Crippen LogP contribution is -2.52. The molecule has 1 aliphatic heterocycles. The minimum Gasteiger partial charge on any atom is -0.392 e. The summed E-state index contributed by atoms with van der Waals surface area (Å²) in [5, 5.41) is 12.8. The van der Waals surface area contributed by atoms with Crippen LogP contribution in [0.4, 0.5) is 5.69 Å². The number of anilines is 1. The molecule has 7 heteroatoms. The Morgan fingerprint density at radius 3 is 2.68 bits per heavy atom. The zero-order valence-corrected chi connectivity index (χ0v) is 10.8. The predicted molar refractivity (Wildman–Crippen MR) is 70.3 cm³/mol. The number of rotatable bonds is 3. The van der Waals surface area contributed by atoms with Crippen LogP contribution in [0.25, 0.3) is 0 Å². The Morgan fingerprint density at radius 1 is 1.37 bits per heavy atom. The highest BCUT2D eigenvalue weighted by Gasteiger charge is 2.36. The lowest BCUT2D eigenvalue weighted by atomic mass is 9.95. The van der Waals surface area contributed by atoms with E-state index < -0.39 is 23.8 Å². The normalized spacial score (nSPS) is 22.5. The molecule has 19 heavy (non-hydrogen) atoms. The lowest BCUT2D eigenvalue weighted by molar-refractivity contribution is -0.142. The van der Waals surface area contributed by atoms with E-state index in [9.17, 15) is 14.7 Å². The lowest BCUT2D eigenvalue weighted by Gasteiger charge is -2.26. The summed E-state index contributed by atoms with van der Waals surface area (Å²) in [5.74, 6) is -2.12. The fraction of sp³-hybridized carbons (Fsp3) is 0.333. The molecule has 1 fully saturated rings. The van der Waals surface area contributed by atoms with Gasteiger partial charge in [0.1, 0.15) is 5.92 Å². The van der Waals surface area contributed by atoms with Crippen LogP contribution in [-0.2, 0) is 9.59 Å². The molecule has 1 aromatic carbocycles. The molecule has 2 unspecified atom stereocenters. The number of carbonyl (C=O) groups excluding carboxylic acids is 2. The Kier molecular flexibility index (Phi) is 4.24. The van der Waals surface area contributed by atoms with Crippen molar-refractivity contribution < 1.29 is 14.7 Å². The number of hydrogen-bond donors (Lipinski definition) is 4. The van der Waals surface area contributed by atoms with Gasteiger partial charge in [-0.25, -0.2) is 0 Å². The van der Waals surface area contributed by atoms with E-state index in [0.29, 0.717) is 23.7 Å². The molecule has 102 valence electrons. The first kappa shape index (κ1) is 13.6. The first-order chi connectivity index (χ1) is 9.08.